The molecule has 1 saturated carbocycles. The fourth-order valence-electron chi connectivity index (χ4n) is 3.33. The number of nitrogens with zero attached hydrogens (tertiary/aromatic N) is 2. The average molecular weight is 363 g/mol. The number of aliphatic imine (C=N–C) groups is 1. The van der Waals surface area contributed by atoms with Gasteiger partial charge in [-0.2, -0.15) is 0 Å². The lowest BCUT2D eigenvalue weighted by atomic mass is 9.80. The van der Waals surface area contributed by atoms with Crippen molar-refractivity contribution in [1.82, 2.24) is 15.6 Å². The normalized spacial score (nSPS) is 20.9. The Balaban J connectivity index is 1.73. The van der Waals surface area contributed by atoms with Gasteiger partial charge in [0.2, 0.25) is 5.88 Å². The number of ether oxygens (including phenoxy) is 2. The van der Waals surface area contributed by atoms with Gasteiger partial charge in [0.05, 0.1) is 6.61 Å². The van der Waals surface area contributed by atoms with Crippen LogP contribution < -0.4 is 15.4 Å². The number of nitrogens with one attached hydrogen (secondary N) is 2. The molecule has 0 aliphatic heterocycles. The van der Waals surface area contributed by atoms with Gasteiger partial charge < -0.3 is 20.1 Å². The summed E-state index contributed by atoms with van der Waals surface area (Å²) in [7, 11) is 3.47. The molecule has 6 nitrogen and oxygen atoms in total. The van der Waals surface area contributed by atoms with E-state index in [2.05, 4.69) is 34.5 Å². The van der Waals surface area contributed by atoms with E-state index in [1.54, 1.807) is 7.11 Å². The highest BCUT2D eigenvalue weighted by molar-refractivity contribution is 5.79. The van der Waals surface area contributed by atoms with E-state index in [0.29, 0.717) is 31.7 Å². The first-order valence-electron chi connectivity index (χ1n) is 9.66. The molecule has 1 aromatic heterocycles. The van der Waals surface area contributed by atoms with Crippen molar-refractivity contribution in [2.45, 2.75) is 52.1 Å². The van der Waals surface area contributed by atoms with E-state index < -0.39 is 0 Å². The minimum atomic E-state index is 0.511. The molecule has 146 valence electrons. The van der Waals surface area contributed by atoms with Crippen molar-refractivity contribution in [3.05, 3.63) is 23.9 Å². The van der Waals surface area contributed by atoms with Crippen LogP contribution in [-0.2, 0) is 11.3 Å². The third-order valence-corrected chi connectivity index (χ3v) is 5.07. The highest BCUT2D eigenvalue weighted by Gasteiger charge is 2.23. The summed E-state index contributed by atoms with van der Waals surface area (Å²) in [6, 6.07) is 4.42. The van der Waals surface area contributed by atoms with Crippen LogP contribution in [0.3, 0.4) is 0 Å². The lowest BCUT2D eigenvalue weighted by Crippen LogP contribution is -2.44. The predicted octanol–water partition coefficient (Wildman–Crippen LogP) is 2.99. The molecule has 0 atom stereocenters. The molecule has 0 radical (unpaired) electrons. The van der Waals surface area contributed by atoms with Crippen LogP contribution in [0.4, 0.5) is 0 Å². The van der Waals surface area contributed by atoms with Gasteiger partial charge in [-0.15, -0.1) is 0 Å². The molecule has 0 spiro atoms. The van der Waals surface area contributed by atoms with Crippen molar-refractivity contribution in [2.24, 2.45) is 16.8 Å². The number of aromatic nitrogens is 1. The van der Waals surface area contributed by atoms with Crippen LogP contribution in [-0.4, -0.2) is 44.4 Å². The molecule has 2 rings (SSSR count). The van der Waals surface area contributed by atoms with Crippen molar-refractivity contribution in [2.75, 3.05) is 27.4 Å². The second kappa shape index (κ2) is 11.0. The van der Waals surface area contributed by atoms with Gasteiger partial charge in [-0.05, 0) is 43.1 Å². The van der Waals surface area contributed by atoms with E-state index >= 15 is 0 Å². The highest BCUT2D eigenvalue weighted by Crippen LogP contribution is 2.29. The van der Waals surface area contributed by atoms with Gasteiger partial charge in [0.1, 0.15) is 6.61 Å². The molecule has 6 heteroatoms. The van der Waals surface area contributed by atoms with Gasteiger partial charge in [-0.25, -0.2) is 4.98 Å². The quantitative estimate of drug-likeness (QED) is 0.423. The average Bonchev–Trinajstić information content (AvgIpc) is 2.66. The minimum absolute atomic E-state index is 0.511. The molecular weight excluding hydrogens is 328 g/mol. The van der Waals surface area contributed by atoms with E-state index in [1.165, 1.54) is 25.7 Å². The molecule has 0 amide bonds. The molecule has 1 heterocycles. The van der Waals surface area contributed by atoms with Crippen LogP contribution in [0.1, 0.15) is 45.1 Å². The molecule has 0 saturated heterocycles. The molecule has 0 bridgehead atoms. The molecule has 1 aliphatic rings. The first kappa shape index (κ1) is 20.5. The Morgan fingerprint density at radius 2 is 2.00 bits per heavy atom. The largest absolute Gasteiger partial charge is 0.475 e. The molecule has 26 heavy (non-hydrogen) atoms. The maximum atomic E-state index is 5.48. The number of rotatable bonds is 8. The zero-order valence-corrected chi connectivity index (χ0v) is 16.6. The van der Waals surface area contributed by atoms with Crippen LogP contribution in [0.5, 0.6) is 5.88 Å². The van der Waals surface area contributed by atoms with Crippen molar-refractivity contribution < 1.29 is 9.47 Å². The summed E-state index contributed by atoms with van der Waals surface area (Å²) >= 11 is 0. The molecule has 2 N–H and O–H groups in total. The molecule has 0 aromatic carbocycles. The molecule has 1 aliphatic carbocycles. The smallest absolute Gasteiger partial charge is 0.213 e. The summed E-state index contributed by atoms with van der Waals surface area (Å²) in [4.78, 5) is 8.67. The summed E-state index contributed by atoms with van der Waals surface area (Å²) in [6.45, 7) is 6.43. The lowest BCUT2D eigenvalue weighted by molar-refractivity contribution is 0.143. The van der Waals surface area contributed by atoms with Gasteiger partial charge in [-0.1, -0.05) is 19.9 Å². The predicted molar refractivity (Wildman–Crippen MR) is 106 cm³/mol. The number of hydrogen-bond acceptors (Lipinski definition) is 4. The van der Waals surface area contributed by atoms with Crippen molar-refractivity contribution in [1.29, 1.82) is 0 Å². The Morgan fingerprint density at radius 1 is 1.23 bits per heavy atom. The fourth-order valence-corrected chi connectivity index (χ4v) is 3.33. The topological polar surface area (TPSA) is 67.8 Å². The zero-order valence-electron chi connectivity index (χ0n) is 16.6. The summed E-state index contributed by atoms with van der Waals surface area (Å²) in [5.41, 5.74) is 1.09. The zero-order chi connectivity index (χ0) is 18.8. The summed E-state index contributed by atoms with van der Waals surface area (Å²) in [5, 5.41) is 6.94. The lowest BCUT2D eigenvalue weighted by Gasteiger charge is -2.32. The van der Waals surface area contributed by atoms with Gasteiger partial charge >= 0.3 is 0 Å². The SMILES string of the molecule is CN=C(NCc1ccc(OCCOC)nc1)NC1CCC(C(C)C)CC1. The summed E-state index contributed by atoms with van der Waals surface area (Å²) in [5.74, 6) is 3.15. The van der Waals surface area contributed by atoms with Gasteiger partial charge in [0.25, 0.3) is 0 Å². The maximum absolute atomic E-state index is 5.48. The molecular formula is C20H34N4O2. The van der Waals surface area contributed by atoms with E-state index in [0.717, 1.165) is 23.4 Å². The van der Waals surface area contributed by atoms with E-state index in [4.69, 9.17) is 9.47 Å². The standard InChI is InChI=1S/C20H34N4O2/c1-15(2)17-6-8-18(9-7-17)24-20(21-3)23-14-16-5-10-19(22-13-16)26-12-11-25-4/h5,10,13,15,17-18H,6-9,11-12,14H2,1-4H3,(H2,21,23,24). The number of pyridine rings is 1. The number of methoxy groups -OCH3 is 1. The Hall–Kier alpha value is -1.82. The fraction of sp³-hybridized carbons (Fsp3) is 0.700. The van der Waals surface area contributed by atoms with Crippen molar-refractivity contribution in [3.8, 4) is 5.88 Å². The Kier molecular flexibility index (Phi) is 8.68. The number of guanidine groups is 1. The van der Waals surface area contributed by atoms with Crippen molar-refractivity contribution in [3.63, 3.8) is 0 Å². The second-order valence-electron chi connectivity index (χ2n) is 7.27. The third kappa shape index (κ3) is 6.83. The molecule has 1 fully saturated rings. The molecule has 0 unspecified atom stereocenters. The molecule has 1 aromatic rings. The second-order valence-corrected chi connectivity index (χ2v) is 7.27. The van der Waals surface area contributed by atoms with Gasteiger partial charge in [0, 0.05) is 39.0 Å². The van der Waals surface area contributed by atoms with Crippen LogP contribution in [0.15, 0.2) is 23.3 Å². The monoisotopic (exact) mass is 362 g/mol. The van der Waals surface area contributed by atoms with Crippen LogP contribution in [0.2, 0.25) is 0 Å². The first-order chi connectivity index (χ1) is 12.6. The summed E-state index contributed by atoms with van der Waals surface area (Å²) < 4.78 is 10.4. The summed E-state index contributed by atoms with van der Waals surface area (Å²) in [6.07, 6.45) is 6.88. The minimum Gasteiger partial charge on any atom is -0.475 e. The van der Waals surface area contributed by atoms with E-state index in [9.17, 15) is 0 Å². The third-order valence-electron chi connectivity index (χ3n) is 5.07. The van der Waals surface area contributed by atoms with Gasteiger partial charge in [-0.3, -0.25) is 4.99 Å². The Bertz CT molecular complexity index is 537. The highest BCUT2D eigenvalue weighted by atomic mass is 16.5. The van der Waals surface area contributed by atoms with Crippen molar-refractivity contribution >= 4 is 5.96 Å². The van der Waals surface area contributed by atoms with Crippen LogP contribution in [0, 0.1) is 11.8 Å². The van der Waals surface area contributed by atoms with E-state index in [1.807, 2.05) is 25.4 Å². The van der Waals surface area contributed by atoms with Gasteiger partial charge in [0.15, 0.2) is 5.96 Å². The first-order valence-corrected chi connectivity index (χ1v) is 9.66. The van der Waals surface area contributed by atoms with Crippen LogP contribution in [0.25, 0.3) is 0 Å². The Labute approximate surface area is 157 Å². The van der Waals surface area contributed by atoms with Crippen LogP contribution >= 0.6 is 0 Å². The Morgan fingerprint density at radius 3 is 2.58 bits per heavy atom. The maximum Gasteiger partial charge on any atom is 0.213 e. The van der Waals surface area contributed by atoms with E-state index in [-0.39, 0.29) is 0 Å². The number of hydrogen-bond donors (Lipinski definition) is 2.